The van der Waals surface area contributed by atoms with Gasteiger partial charge in [0.2, 0.25) is 0 Å². The molecule has 8 aromatic rings. The smallest absolute Gasteiger partial charge is 0.134 e. The third-order valence-corrected chi connectivity index (χ3v) is 10.4. The zero-order valence-corrected chi connectivity index (χ0v) is 31.8. The molecule has 0 amide bonds. The molecule has 0 fully saturated rings. The van der Waals surface area contributed by atoms with Gasteiger partial charge in [-0.3, -0.25) is 0 Å². The van der Waals surface area contributed by atoms with Gasteiger partial charge in [-0.15, -0.1) is 0 Å². The average molecular weight is 749 g/mol. The van der Waals surface area contributed by atoms with Crippen LogP contribution in [0.3, 0.4) is 0 Å². The van der Waals surface area contributed by atoms with Crippen molar-refractivity contribution in [3.63, 3.8) is 0 Å². The van der Waals surface area contributed by atoms with E-state index in [1.165, 1.54) is 26.4 Å². The van der Waals surface area contributed by atoms with Crippen LogP contribution in [0.4, 0.5) is 8.78 Å². The van der Waals surface area contributed by atoms with Gasteiger partial charge in [0.1, 0.15) is 46.1 Å². The lowest BCUT2D eigenvalue weighted by Gasteiger charge is -2.26. The van der Waals surface area contributed by atoms with Crippen LogP contribution >= 0.6 is 0 Å². The molecular weight excluding hydrogens is 711 g/mol. The van der Waals surface area contributed by atoms with Crippen LogP contribution in [0.15, 0.2) is 121 Å². The second-order valence-electron chi connectivity index (χ2n) is 13.2. The van der Waals surface area contributed by atoms with Gasteiger partial charge in [-0.2, -0.15) is 0 Å². The van der Waals surface area contributed by atoms with E-state index >= 15 is 8.78 Å². The summed E-state index contributed by atoms with van der Waals surface area (Å²) in [6.07, 6.45) is 0. The highest BCUT2D eigenvalue weighted by Crippen LogP contribution is 2.55. The molecule has 8 heteroatoms. The number of rotatable bonds is 10. The Kier molecular flexibility index (Phi) is 9.56. The van der Waals surface area contributed by atoms with Crippen LogP contribution in [0.5, 0.6) is 34.5 Å². The van der Waals surface area contributed by atoms with Crippen molar-refractivity contribution in [3.05, 3.63) is 133 Å². The van der Waals surface area contributed by atoms with E-state index in [4.69, 9.17) is 28.4 Å². The SMILES string of the molecule is COc1ccc(-c2c3ccc(OC)cc3c(-c3ccc(OC)cc3F)c3c(-c4ccc(OC)cc4)c4ccc(OC)cc4c(-c4ccc(OC)cc4F)c23)cc1. The Labute approximate surface area is 323 Å². The van der Waals surface area contributed by atoms with Crippen LogP contribution < -0.4 is 28.4 Å². The van der Waals surface area contributed by atoms with Gasteiger partial charge in [0, 0.05) is 34.4 Å². The van der Waals surface area contributed by atoms with Crippen LogP contribution in [0, 0.1) is 11.6 Å². The van der Waals surface area contributed by atoms with E-state index in [1.54, 1.807) is 52.7 Å². The monoisotopic (exact) mass is 748 g/mol. The predicted octanol–water partition coefficient (Wildman–Crippen LogP) is 12.1. The molecule has 0 bridgehead atoms. The van der Waals surface area contributed by atoms with Crippen LogP contribution in [-0.4, -0.2) is 42.7 Å². The molecule has 0 spiro atoms. The first-order valence-electron chi connectivity index (χ1n) is 17.9. The molecule has 0 aliphatic carbocycles. The topological polar surface area (TPSA) is 55.4 Å². The summed E-state index contributed by atoms with van der Waals surface area (Å²) >= 11 is 0. The van der Waals surface area contributed by atoms with Gasteiger partial charge in [-0.05, 0) is 127 Å². The summed E-state index contributed by atoms with van der Waals surface area (Å²) in [7, 11) is 9.46. The summed E-state index contributed by atoms with van der Waals surface area (Å²) in [6, 6.07) is 36.9. The number of methoxy groups -OCH3 is 6. The predicted molar refractivity (Wildman–Crippen MR) is 220 cm³/mol. The summed E-state index contributed by atoms with van der Waals surface area (Å²) in [6.45, 7) is 0. The van der Waals surface area contributed by atoms with Gasteiger partial charge in [-0.25, -0.2) is 8.78 Å². The van der Waals surface area contributed by atoms with E-state index < -0.39 is 11.6 Å². The summed E-state index contributed by atoms with van der Waals surface area (Å²) in [5, 5.41) is 4.46. The minimum Gasteiger partial charge on any atom is -0.497 e. The van der Waals surface area contributed by atoms with Crippen molar-refractivity contribution in [2.75, 3.05) is 42.7 Å². The molecule has 0 saturated heterocycles. The summed E-state index contributed by atoms with van der Waals surface area (Å²) in [5.41, 5.74) is 5.16. The molecular formula is C48H38F2O6. The van der Waals surface area contributed by atoms with E-state index in [0.29, 0.717) is 67.5 Å². The Balaban J connectivity index is 1.75. The third kappa shape index (κ3) is 6.04. The van der Waals surface area contributed by atoms with Crippen molar-refractivity contribution in [1.29, 1.82) is 0 Å². The lowest BCUT2D eigenvalue weighted by atomic mass is 9.77. The van der Waals surface area contributed by atoms with E-state index in [2.05, 4.69) is 0 Å². The van der Waals surface area contributed by atoms with Crippen LogP contribution in [0.2, 0.25) is 0 Å². The highest BCUT2D eigenvalue weighted by molar-refractivity contribution is 6.34. The minimum absolute atomic E-state index is 0.333. The molecule has 0 N–H and O–H groups in total. The van der Waals surface area contributed by atoms with Gasteiger partial charge in [-0.1, -0.05) is 36.4 Å². The van der Waals surface area contributed by atoms with Crippen molar-refractivity contribution in [2.45, 2.75) is 0 Å². The molecule has 0 aliphatic rings. The van der Waals surface area contributed by atoms with Crippen LogP contribution in [-0.2, 0) is 0 Å². The molecule has 0 heterocycles. The third-order valence-electron chi connectivity index (χ3n) is 10.4. The number of ether oxygens (including phenoxy) is 6. The molecule has 0 aromatic heterocycles. The highest BCUT2D eigenvalue weighted by Gasteiger charge is 2.29. The largest absolute Gasteiger partial charge is 0.497 e. The number of halogens is 2. The van der Waals surface area contributed by atoms with Gasteiger partial charge in [0.15, 0.2) is 0 Å². The van der Waals surface area contributed by atoms with E-state index in [-0.39, 0.29) is 0 Å². The minimum atomic E-state index is -0.486. The van der Waals surface area contributed by atoms with Crippen molar-refractivity contribution in [3.8, 4) is 79.0 Å². The van der Waals surface area contributed by atoms with Gasteiger partial charge in [0.05, 0.1) is 42.7 Å². The lowest BCUT2D eigenvalue weighted by molar-refractivity contribution is 0.411. The van der Waals surface area contributed by atoms with Crippen LogP contribution in [0.25, 0.3) is 76.8 Å². The van der Waals surface area contributed by atoms with Crippen LogP contribution in [0.1, 0.15) is 0 Å². The fraction of sp³-hybridized carbons (Fsp3) is 0.125. The standard InChI is InChI=1S/C48H38F2O6/c1-51-29-11-7-27(8-12-29)43-35-19-15-31(53-3)23-39(35)46(38-22-18-34(56-6)26-42(38)50)48-44(28-9-13-30(52-2)14-10-28)36-20-16-32(54-4)24-40(36)45(47(43)48)37-21-17-33(55-5)25-41(37)49/h7-26H,1-6H3. The molecule has 0 unspecified atom stereocenters. The number of hydrogen-bond donors (Lipinski definition) is 0. The zero-order chi connectivity index (χ0) is 39.1. The average Bonchev–Trinajstić information content (AvgIpc) is 3.24. The molecule has 56 heavy (non-hydrogen) atoms. The molecule has 0 radical (unpaired) electrons. The van der Waals surface area contributed by atoms with Gasteiger partial charge >= 0.3 is 0 Å². The second-order valence-corrected chi connectivity index (χ2v) is 13.2. The molecule has 0 aliphatic heterocycles. The van der Waals surface area contributed by atoms with Crippen molar-refractivity contribution in [2.24, 2.45) is 0 Å². The maximum absolute atomic E-state index is 16.9. The molecule has 8 rings (SSSR count). The van der Waals surface area contributed by atoms with Gasteiger partial charge in [0.25, 0.3) is 0 Å². The highest BCUT2D eigenvalue weighted by atomic mass is 19.1. The molecule has 0 atom stereocenters. The molecule has 280 valence electrons. The fourth-order valence-electron chi connectivity index (χ4n) is 7.76. The summed E-state index contributed by atoms with van der Waals surface area (Å²) in [4.78, 5) is 0. The zero-order valence-electron chi connectivity index (χ0n) is 31.8. The van der Waals surface area contributed by atoms with Gasteiger partial charge < -0.3 is 28.4 Å². The molecule has 6 nitrogen and oxygen atoms in total. The van der Waals surface area contributed by atoms with Crippen molar-refractivity contribution >= 4 is 32.3 Å². The van der Waals surface area contributed by atoms with Crippen molar-refractivity contribution in [1.82, 2.24) is 0 Å². The second kappa shape index (κ2) is 14.8. The van der Waals surface area contributed by atoms with E-state index in [9.17, 15) is 0 Å². The fourth-order valence-corrected chi connectivity index (χ4v) is 7.76. The first-order valence-corrected chi connectivity index (χ1v) is 17.9. The van der Waals surface area contributed by atoms with E-state index in [1.807, 2.05) is 84.9 Å². The lowest BCUT2D eigenvalue weighted by Crippen LogP contribution is -2.00. The van der Waals surface area contributed by atoms with E-state index in [0.717, 1.165) is 43.8 Å². The Morgan fingerprint density at radius 3 is 0.929 bits per heavy atom. The quantitative estimate of drug-likeness (QED) is 0.130. The Morgan fingerprint density at radius 2 is 0.607 bits per heavy atom. The molecule has 0 saturated carbocycles. The normalized spacial score (nSPS) is 11.2. The Hall–Kier alpha value is -6.80. The number of fused-ring (bicyclic) bond motifs is 3. The first-order chi connectivity index (χ1) is 27.3. The first kappa shape index (κ1) is 36.2. The maximum atomic E-state index is 16.9. The Bertz CT molecular complexity index is 2590. The molecule has 8 aromatic carbocycles. The Morgan fingerprint density at radius 1 is 0.304 bits per heavy atom. The number of benzene rings is 8. The maximum Gasteiger partial charge on any atom is 0.134 e. The summed E-state index contributed by atoms with van der Waals surface area (Å²) in [5.74, 6) is 2.31. The number of hydrogen-bond acceptors (Lipinski definition) is 6. The summed E-state index contributed by atoms with van der Waals surface area (Å²) < 4.78 is 67.4. The van der Waals surface area contributed by atoms with Crippen molar-refractivity contribution < 1.29 is 37.2 Å².